The molecule has 0 bridgehead atoms. The monoisotopic (exact) mass is 286 g/mol. The average molecular weight is 285 g/mol. The first-order valence-electron chi connectivity index (χ1n) is 4.06. The van der Waals surface area contributed by atoms with E-state index >= 15 is 0 Å². The Labute approximate surface area is 96.7 Å². The Bertz CT molecular complexity index is 268. The number of phenolic OH excluding ortho intramolecular Hbond substituents is 1. The first-order valence-corrected chi connectivity index (χ1v) is 4.06. The maximum absolute atomic E-state index is 9.46. The third-order valence-electron chi connectivity index (χ3n) is 1.64. The Morgan fingerprint density at radius 2 is 1.69 bits per heavy atom. The van der Waals surface area contributed by atoms with Gasteiger partial charge in [-0.15, -0.1) is 0 Å². The van der Waals surface area contributed by atoms with E-state index in [-0.39, 0.29) is 23.9 Å². The molecule has 70 valence electrons. The molecule has 0 spiro atoms. The SMILES string of the molecule is C[N+](C)(C)Cc1ccccc1O.[Sn]. The molecule has 0 saturated carbocycles. The molecule has 0 heterocycles. The van der Waals surface area contributed by atoms with E-state index in [4.69, 9.17) is 0 Å². The van der Waals surface area contributed by atoms with Crippen LogP contribution in [-0.4, -0.2) is 54.6 Å². The summed E-state index contributed by atoms with van der Waals surface area (Å²) in [6, 6.07) is 7.48. The van der Waals surface area contributed by atoms with Gasteiger partial charge in [-0.3, -0.25) is 0 Å². The number of benzene rings is 1. The van der Waals surface area contributed by atoms with Crippen molar-refractivity contribution in [2.75, 3.05) is 21.1 Å². The van der Waals surface area contributed by atoms with E-state index in [1.807, 2.05) is 18.2 Å². The normalized spacial score (nSPS) is 10.7. The van der Waals surface area contributed by atoms with E-state index in [1.54, 1.807) is 6.07 Å². The van der Waals surface area contributed by atoms with Crippen molar-refractivity contribution in [2.24, 2.45) is 0 Å². The van der Waals surface area contributed by atoms with Crippen molar-refractivity contribution in [3.63, 3.8) is 0 Å². The maximum Gasteiger partial charge on any atom is 0.124 e. The van der Waals surface area contributed by atoms with Crippen LogP contribution in [0.1, 0.15) is 5.56 Å². The molecule has 0 aliphatic rings. The minimum absolute atomic E-state index is 0. The second-order valence-corrected chi connectivity index (χ2v) is 4.08. The minimum atomic E-state index is 0. The molecule has 0 atom stereocenters. The zero-order valence-electron chi connectivity index (χ0n) is 8.41. The van der Waals surface area contributed by atoms with Gasteiger partial charge in [0.25, 0.3) is 0 Å². The quantitative estimate of drug-likeness (QED) is 0.640. The Balaban J connectivity index is 0.00000144. The molecule has 2 nitrogen and oxygen atoms in total. The van der Waals surface area contributed by atoms with Gasteiger partial charge in [0.15, 0.2) is 0 Å². The largest absolute Gasteiger partial charge is 0.507 e. The van der Waals surface area contributed by atoms with Gasteiger partial charge in [0.2, 0.25) is 0 Å². The molecule has 1 aromatic carbocycles. The van der Waals surface area contributed by atoms with Gasteiger partial charge in [0.1, 0.15) is 12.3 Å². The number of quaternary nitrogens is 1. The number of aromatic hydroxyl groups is 1. The number of hydrogen-bond donors (Lipinski definition) is 1. The number of phenols is 1. The van der Waals surface area contributed by atoms with Gasteiger partial charge >= 0.3 is 0 Å². The summed E-state index contributed by atoms with van der Waals surface area (Å²) in [6.45, 7) is 0.854. The summed E-state index contributed by atoms with van der Waals surface area (Å²) in [7, 11) is 6.31. The summed E-state index contributed by atoms with van der Waals surface area (Å²) in [5, 5.41) is 9.46. The summed E-state index contributed by atoms with van der Waals surface area (Å²) < 4.78 is 0.831. The first-order chi connectivity index (χ1) is 5.49. The average Bonchev–Trinajstić information content (AvgIpc) is 1.91. The van der Waals surface area contributed by atoms with Crippen LogP contribution >= 0.6 is 0 Å². The molecule has 0 aliphatic carbocycles. The van der Waals surface area contributed by atoms with E-state index in [9.17, 15) is 5.11 Å². The van der Waals surface area contributed by atoms with Crippen LogP contribution < -0.4 is 0 Å². The van der Waals surface area contributed by atoms with Crippen molar-refractivity contribution in [1.29, 1.82) is 0 Å². The van der Waals surface area contributed by atoms with Crippen molar-refractivity contribution in [3.05, 3.63) is 29.8 Å². The Kier molecular flexibility index (Phi) is 4.78. The molecule has 0 aliphatic heterocycles. The molecule has 1 N–H and O–H groups in total. The number of para-hydroxylation sites is 1. The number of hydrogen-bond acceptors (Lipinski definition) is 1. The molecule has 1 aromatic rings. The van der Waals surface area contributed by atoms with E-state index in [2.05, 4.69) is 21.1 Å². The Morgan fingerprint density at radius 3 is 2.15 bits per heavy atom. The van der Waals surface area contributed by atoms with Crippen LogP contribution in [0.15, 0.2) is 24.3 Å². The molecule has 3 heteroatoms. The first kappa shape index (κ1) is 12.8. The van der Waals surface area contributed by atoms with Crippen molar-refractivity contribution in [1.82, 2.24) is 0 Å². The number of rotatable bonds is 2. The molecule has 4 radical (unpaired) electrons. The van der Waals surface area contributed by atoms with Crippen molar-refractivity contribution < 1.29 is 9.59 Å². The van der Waals surface area contributed by atoms with Crippen LogP contribution in [0.25, 0.3) is 0 Å². The summed E-state index contributed by atoms with van der Waals surface area (Å²) in [5.74, 6) is 0.394. The van der Waals surface area contributed by atoms with Gasteiger partial charge in [0.05, 0.1) is 21.1 Å². The summed E-state index contributed by atoms with van der Waals surface area (Å²) in [5.41, 5.74) is 1.00. The zero-order valence-corrected chi connectivity index (χ0v) is 11.3. The van der Waals surface area contributed by atoms with Gasteiger partial charge in [-0.05, 0) is 12.1 Å². The molecule has 0 fully saturated rings. The van der Waals surface area contributed by atoms with E-state index in [0.29, 0.717) is 5.75 Å². The standard InChI is InChI=1S/C10H15NO.Sn/c1-11(2,3)8-9-6-4-5-7-10(9)12;/h4-7H,8H2,1-3H3;/p+1. The van der Waals surface area contributed by atoms with Crippen LogP contribution in [0.4, 0.5) is 0 Å². The Hall–Kier alpha value is -0.221. The Morgan fingerprint density at radius 1 is 1.15 bits per heavy atom. The van der Waals surface area contributed by atoms with E-state index in [1.165, 1.54) is 0 Å². The topological polar surface area (TPSA) is 20.2 Å². The molecule has 1 rings (SSSR count). The molecule has 0 aromatic heterocycles. The second kappa shape index (κ2) is 4.86. The smallest absolute Gasteiger partial charge is 0.124 e. The molecular weight excluding hydrogens is 269 g/mol. The molecule has 0 amide bonds. The zero-order chi connectivity index (χ0) is 9.19. The van der Waals surface area contributed by atoms with Crippen LogP contribution in [0.3, 0.4) is 0 Å². The van der Waals surface area contributed by atoms with Crippen molar-refractivity contribution in [3.8, 4) is 5.75 Å². The van der Waals surface area contributed by atoms with Crippen molar-refractivity contribution >= 4 is 23.9 Å². The molecule has 0 saturated heterocycles. The third-order valence-corrected chi connectivity index (χ3v) is 1.64. The van der Waals surface area contributed by atoms with Crippen LogP contribution in [-0.2, 0) is 6.54 Å². The molecular formula is C10H16NOSn+. The molecule has 0 unspecified atom stereocenters. The molecule has 13 heavy (non-hydrogen) atoms. The summed E-state index contributed by atoms with van der Waals surface area (Å²) in [4.78, 5) is 0. The predicted octanol–water partition coefficient (Wildman–Crippen LogP) is 1.22. The van der Waals surface area contributed by atoms with Gasteiger partial charge < -0.3 is 9.59 Å². The second-order valence-electron chi connectivity index (χ2n) is 4.08. The fourth-order valence-electron chi connectivity index (χ4n) is 1.16. The van der Waals surface area contributed by atoms with Crippen LogP contribution in [0, 0.1) is 0 Å². The predicted molar refractivity (Wildman–Crippen MR) is 55.6 cm³/mol. The summed E-state index contributed by atoms with van der Waals surface area (Å²) >= 11 is 0. The van der Waals surface area contributed by atoms with Gasteiger partial charge in [0, 0.05) is 29.5 Å². The fraction of sp³-hybridized carbons (Fsp3) is 0.400. The number of nitrogens with zero attached hydrogens (tertiary/aromatic N) is 1. The fourth-order valence-corrected chi connectivity index (χ4v) is 1.16. The van der Waals surface area contributed by atoms with E-state index in [0.717, 1.165) is 16.6 Å². The van der Waals surface area contributed by atoms with Crippen molar-refractivity contribution in [2.45, 2.75) is 6.54 Å². The summed E-state index contributed by atoms with van der Waals surface area (Å²) in [6.07, 6.45) is 0. The van der Waals surface area contributed by atoms with Gasteiger partial charge in [-0.25, -0.2) is 0 Å². The van der Waals surface area contributed by atoms with E-state index < -0.39 is 0 Å². The van der Waals surface area contributed by atoms with Crippen LogP contribution in [0.5, 0.6) is 5.75 Å². The minimum Gasteiger partial charge on any atom is -0.507 e. The van der Waals surface area contributed by atoms with Crippen LogP contribution in [0.2, 0.25) is 0 Å². The maximum atomic E-state index is 9.46. The van der Waals surface area contributed by atoms with Gasteiger partial charge in [-0.1, -0.05) is 12.1 Å². The third kappa shape index (κ3) is 4.52. The van der Waals surface area contributed by atoms with Gasteiger partial charge in [-0.2, -0.15) is 0 Å².